The van der Waals surface area contributed by atoms with Crippen LogP contribution in [-0.4, -0.2) is 32.9 Å². The third kappa shape index (κ3) is 3.20. The number of hydrogen-bond acceptors (Lipinski definition) is 6. The number of pyridine rings is 1. The number of aryl methyl sites for hydroxylation is 1. The Balaban J connectivity index is 2.03. The van der Waals surface area contributed by atoms with Crippen molar-refractivity contribution in [2.24, 2.45) is 0 Å². The van der Waals surface area contributed by atoms with Crippen LogP contribution in [-0.2, 0) is 11.3 Å². The number of benzene rings is 1. The first kappa shape index (κ1) is 17.6. The Kier molecular flexibility index (Phi) is 4.63. The summed E-state index contributed by atoms with van der Waals surface area (Å²) in [6.45, 7) is 3.02. The lowest BCUT2D eigenvalue weighted by atomic mass is 10.0. The van der Waals surface area contributed by atoms with Gasteiger partial charge in [0.15, 0.2) is 0 Å². The van der Waals surface area contributed by atoms with Gasteiger partial charge in [0, 0.05) is 30.2 Å². The first-order valence-corrected chi connectivity index (χ1v) is 9.05. The van der Waals surface area contributed by atoms with Crippen LogP contribution in [0.4, 0.5) is 5.95 Å². The maximum atomic E-state index is 13.5. The number of aliphatic hydroxyl groups is 1. The summed E-state index contributed by atoms with van der Waals surface area (Å²) in [5.74, 6) is 0.162. The normalized spacial score (nSPS) is 15.3. The van der Waals surface area contributed by atoms with Gasteiger partial charge in [-0.15, -0.1) is 0 Å². The quantitative estimate of drug-likeness (QED) is 0.736. The monoisotopic (exact) mass is 366 g/mol. The highest BCUT2D eigenvalue weighted by Gasteiger charge is 2.23. The molecular weight excluding hydrogens is 344 g/mol. The molecule has 0 bridgehead atoms. The Morgan fingerprint density at radius 3 is 2.78 bits per heavy atom. The Morgan fingerprint density at radius 2 is 2.04 bits per heavy atom. The summed E-state index contributed by atoms with van der Waals surface area (Å²) in [6.07, 6.45) is 1.50. The highest BCUT2D eigenvalue weighted by molar-refractivity contribution is 5.84. The smallest absolute Gasteiger partial charge is 0.260 e. The molecule has 0 saturated carbocycles. The summed E-state index contributed by atoms with van der Waals surface area (Å²) in [6, 6.07) is 9.22. The lowest BCUT2D eigenvalue weighted by Crippen LogP contribution is -2.31. The predicted octanol–water partition coefficient (Wildman–Crippen LogP) is 2.19. The van der Waals surface area contributed by atoms with Crippen molar-refractivity contribution in [3.8, 4) is 11.1 Å². The molecule has 27 heavy (non-hydrogen) atoms. The molecule has 0 unspecified atom stereocenters. The molecule has 140 valence electrons. The van der Waals surface area contributed by atoms with Gasteiger partial charge in [0.2, 0.25) is 5.95 Å². The fourth-order valence-electron chi connectivity index (χ4n) is 3.70. The molecule has 3 aromatic rings. The van der Waals surface area contributed by atoms with Gasteiger partial charge in [0.25, 0.3) is 5.56 Å². The summed E-state index contributed by atoms with van der Waals surface area (Å²) < 4.78 is 7.22. The van der Waals surface area contributed by atoms with Gasteiger partial charge in [-0.2, -0.15) is 4.98 Å². The number of aliphatic hydroxyl groups excluding tert-OH is 1. The van der Waals surface area contributed by atoms with Crippen LogP contribution in [0.1, 0.15) is 30.1 Å². The number of nitrogens with two attached hydrogens (primary N) is 1. The van der Waals surface area contributed by atoms with Gasteiger partial charge in [-0.1, -0.05) is 18.2 Å². The molecule has 3 heterocycles. The number of nitrogens with zero attached hydrogens (tertiary/aromatic N) is 3. The first-order valence-electron chi connectivity index (χ1n) is 9.05. The second kappa shape index (κ2) is 7.09. The number of fused-ring (bicyclic) bond motifs is 1. The zero-order valence-electron chi connectivity index (χ0n) is 15.2. The highest BCUT2D eigenvalue weighted by Crippen LogP contribution is 2.28. The maximum absolute atomic E-state index is 13.5. The minimum absolute atomic E-state index is 0.00317. The van der Waals surface area contributed by atoms with Crippen LogP contribution in [0, 0.1) is 6.92 Å². The second-order valence-corrected chi connectivity index (χ2v) is 6.84. The van der Waals surface area contributed by atoms with Gasteiger partial charge < -0.3 is 15.6 Å². The number of nitrogen functional groups attached to an aromatic ring is 1. The number of ether oxygens (including phenoxy) is 1. The molecular formula is C20H22N4O3. The van der Waals surface area contributed by atoms with E-state index in [1.54, 1.807) is 4.57 Å². The van der Waals surface area contributed by atoms with E-state index >= 15 is 0 Å². The van der Waals surface area contributed by atoms with Gasteiger partial charge in [0.1, 0.15) is 5.65 Å². The van der Waals surface area contributed by atoms with Crippen LogP contribution in [0.2, 0.25) is 0 Å². The standard InChI is InChI=1S/C20H22N4O3/c1-12-16-10-17(14-4-2-3-13(9-14)11-25)19(26)24(15-5-7-27-8-6-15)18(16)23-20(21)22-12/h2-4,9-10,15,25H,5-8,11H2,1H3,(H2,21,22,23). The van der Waals surface area contributed by atoms with Crippen molar-refractivity contribution >= 4 is 17.0 Å². The average molecular weight is 366 g/mol. The molecule has 4 rings (SSSR count). The fourth-order valence-corrected chi connectivity index (χ4v) is 3.70. The van der Waals surface area contributed by atoms with Crippen molar-refractivity contribution in [1.29, 1.82) is 0 Å². The van der Waals surface area contributed by atoms with Gasteiger partial charge in [-0.05, 0) is 43.0 Å². The van der Waals surface area contributed by atoms with Crippen LogP contribution in [0.25, 0.3) is 22.2 Å². The summed E-state index contributed by atoms with van der Waals surface area (Å²) in [7, 11) is 0. The van der Waals surface area contributed by atoms with E-state index < -0.39 is 0 Å². The molecule has 7 heteroatoms. The number of aromatic nitrogens is 3. The molecule has 1 saturated heterocycles. The minimum atomic E-state index is -0.109. The minimum Gasteiger partial charge on any atom is -0.392 e. The Morgan fingerprint density at radius 1 is 1.26 bits per heavy atom. The zero-order chi connectivity index (χ0) is 19.0. The predicted molar refractivity (Wildman–Crippen MR) is 103 cm³/mol. The molecule has 0 aliphatic carbocycles. The summed E-state index contributed by atoms with van der Waals surface area (Å²) in [5, 5.41) is 10.3. The van der Waals surface area contributed by atoms with Gasteiger partial charge >= 0.3 is 0 Å². The number of rotatable bonds is 3. The average Bonchev–Trinajstić information content (AvgIpc) is 2.68. The van der Waals surface area contributed by atoms with E-state index in [9.17, 15) is 9.90 Å². The molecule has 0 radical (unpaired) electrons. The third-order valence-electron chi connectivity index (χ3n) is 5.08. The fraction of sp³-hybridized carbons (Fsp3) is 0.350. The van der Waals surface area contributed by atoms with Crippen LogP contribution in [0.5, 0.6) is 0 Å². The molecule has 1 aliphatic heterocycles. The van der Waals surface area contributed by atoms with Gasteiger partial charge in [-0.25, -0.2) is 4.98 Å². The lowest BCUT2D eigenvalue weighted by Gasteiger charge is -2.26. The van der Waals surface area contributed by atoms with Crippen molar-refractivity contribution in [3.63, 3.8) is 0 Å². The van der Waals surface area contributed by atoms with E-state index in [0.717, 1.165) is 35.0 Å². The van der Waals surface area contributed by atoms with Crippen molar-refractivity contribution in [2.75, 3.05) is 18.9 Å². The topological polar surface area (TPSA) is 103 Å². The molecule has 2 aromatic heterocycles. The summed E-state index contributed by atoms with van der Waals surface area (Å²) in [4.78, 5) is 22.1. The Bertz CT molecular complexity index is 1060. The molecule has 7 nitrogen and oxygen atoms in total. The largest absolute Gasteiger partial charge is 0.392 e. The molecule has 1 fully saturated rings. The van der Waals surface area contributed by atoms with Gasteiger partial charge in [-0.3, -0.25) is 9.36 Å². The molecule has 0 spiro atoms. The highest BCUT2D eigenvalue weighted by atomic mass is 16.5. The van der Waals surface area contributed by atoms with Crippen LogP contribution >= 0.6 is 0 Å². The summed E-state index contributed by atoms with van der Waals surface area (Å²) >= 11 is 0. The van der Waals surface area contributed by atoms with E-state index in [2.05, 4.69) is 9.97 Å². The molecule has 3 N–H and O–H groups in total. The molecule has 1 aliphatic rings. The van der Waals surface area contributed by atoms with E-state index in [0.29, 0.717) is 24.4 Å². The van der Waals surface area contributed by atoms with Gasteiger partial charge in [0.05, 0.1) is 12.3 Å². The number of anilines is 1. The van der Waals surface area contributed by atoms with Crippen molar-refractivity contribution in [2.45, 2.75) is 32.4 Å². The van der Waals surface area contributed by atoms with Crippen LogP contribution in [0.15, 0.2) is 35.1 Å². The summed E-state index contributed by atoms with van der Waals surface area (Å²) in [5.41, 5.74) is 9.16. The van der Waals surface area contributed by atoms with E-state index in [4.69, 9.17) is 10.5 Å². The van der Waals surface area contributed by atoms with E-state index in [-0.39, 0.29) is 24.2 Å². The van der Waals surface area contributed by atoms with Crippen LogP contribution in [0.3, 0.4) is 0 Å². The van der Waals surface area contributed by atoms with Crippen molar-refractivity contribution in [1.82, 2.24) is 14.5 Å². The van der Waals surface area contributed by atoms with Crippen LogP contribution < -0.4 is 11.3 Å². The number of hydrogen-bond donors (Lipinski definition) is 2. The maximum Gasteiger partial charge on any atom is 0.260 e. The lowest BCUT2D eigenvalue weighted by molar-refractivity contribution is 0.0697. The first-order chi connectivity index (χ1) is 13.1. The SMILES string of the molecule is Cc1nc(N)nc2c1cc(-c1cccc(CO)c1)c(=O)n2C1CCOCC1. The van der Waals surface area contributed by atoms with Crippen molar-refractivity contribution < 1.29 is 9.84 Å². The second-order valence-electron chi connectivity index (χ2n) is 6.84. The molecule has 0 amide bonds. The van der Waals surface area contributed by atoms with E-state index in [1.807, 2.05) is 37.3 Å². The molecule has 1 aromatic carbocycles. The Hall–Kier alpha value is -2.77. The molecule has 0 atom stereocenters. The zero-order valence-corrected chi connectivity index (χ0v) is 15.2. The third-order valence-corrected chi connectivity index (χ3v) is 5.08. The Labute approximate surface area is 156 Å². The van der Waals surface area contributed by atoms with E-state index in [1.165, 1.54) is 0 Å². The van der Waals surface area contributed by atoms with Crippen molar-refractivity contribution in [3.05, 3.63) is 51.9 Å².